The van der Waals surface area contributed by atoms with Gasteiger partial charge in [-0.05, 0) is 24.3 Å². The van der Waals surface area contributed by atoms with Crippen molar-refractivity contribution in [1.29, 1.82) is 0 Å². The van der Waals surface area contributed by atoms with Gasteiger partial charge in [0.25, 0.3) is 0 Å². The van der Waals surface area contributed by atoms with Crippen molar-refractivity contribution in [1.82, 2.24) is 4.31 Å². The zero-order chi connectivity index (χ0) is 13.2. The summed E-state index contributed by atoms with van der Waals surface area (Å²) >= 11 is 0. The van der Waals surface area contributed by atoms with E-state index in [1.54, 1.807) is 24.3 Å². The second-order valence-corrected chi connectivity index (χ2v) is 5.82. The molecule has 0 fully saturated rings. The predicted molar refractivity (Wildman–Crippen MR) is 65.5 cm³/mol. The van der Waals surface area contributed by atoms with Crippen LogP contribution in [0.25, 0.3) is 0 Å². The number of nitrogens with zero attached hydrogens (tertiary/aromatic N) is 1. The fourth-order valence-electron chi connectivity index (χ4n) is 1.55. The molecular weight excluding hydrogens is 254 g/mol. The van der Waals surface area contributed by atoms with Crippen LogP contribution in [0.2, 0.25) is 0 Å². The fourth-order valence-corrected chi connectivity index (χ4v) is 2.77. The Kier molecular flexibility index (Phi) is 3.40. The van der Waals surface area contributed by atoms with E-state index in [1.807, 2.05) is 0 Å². The molecule has 96 valence electrons. The molecule has 5 nitrogen and oxygen atoms in total. The van der Waals surface area contributed by atoms with Crippen LogP contribution in [0.15, 0.2) is 52.0 Å². The van der Waals surface area contributed by atoms with Crippen LogP contribution in [0.3, 0.4) is 0 Å². The summed E-state index contributed by atoms with van der Waals surface area (Å²) in [6, 6.07) is 9.22. The molecule has 0 radical (unpaired) electrons. The van der Waals surface area contributed by atoms with E-state index in [0.717, 1.165) is 4.31 Å². The van der Waals surface area contributed by atoms with Crippen LogP contribution < -0.4 is 0 Å². The monoisotopic (exact) mass is 267 g/mol. The van der Waals surface area contributed by atoms with Gasteiger partial charge in [-0.25, -0.2) is 8.42 Å². The summed E-state index contributed by atoms with van der Waals surface area (Å²) in [5.41, 5.74) is 0. The first kappa shape index (κ1) is 12.7. The van der Waals surface area contributed by atoms with Crippen molar-refractivity contribution in [2.24, 2.45) is 0 Å². The number of benzene rings is 1. The molecule has 1 N–H and O–H groups in total. The molecule has 0 saturated carbocycles. The normalized spacial score (nSPS) is 11.9. The molecule has 0 amide bonds. The molecule has 1 aromatic carbocycles. The minimum Gasteiger partial charge on any atom is -0.507 e. The lowest BCUT2D eigenvalue weighted by Crippen LogP contribution is -2.26. The van der Waals surface area contributed by atoms with Crippen molar-refractivity contribution in [3.8, 4) is 5.75 Å². The molecule has 0 aliphatic heterocycles. The Morgan fingerprint density at radius 1 is 1.22 bits per heavy atom. The Bertz CT molecular complexity index is 619. The molecule has 1 aromatic heterocycles. The smallest absolute Gasteiger partial charge is 0.246 e. The summed E-state index contributed by atoms with van der Waals surface area (Å²) in [5, 5.41) is 9.59. The highest BCUT2D eigenvalue weighted by Gasteiger charge is 2.24. The number of furan rings is 1. The first-order valence-electron chi connectivity index (χ1n) is 5.28. The van der Waals surface area contributed by atoms with Gasteiger partial charge >= 0.3 is 0 Å². The predicted octanol–water partition coefficient (Wildman–Crippen LogP) is 1.81. The SMILES string of the molecule is CN(Cc1ccco1)S(=O)(=O)c1ccccc1O. The molecule has 6 heteroatoms. The van der Waals surface area contributed by atoms with E-state index in [4.69, 9.17) is 4.42 Å². The van der Waals surface area contributed by atoms with Gasteiger partial charge in [-0.15, -0.1) is 0 Å². The van der Waals surface area contributed by atoms with E-state index in [9.17, 15) is 13.5 Å². The van der Waals surface area contributed by atoms with Crippen molar-refractivity contribution in [2.75, 3.05) is 7.05 Å². The maximum atomic E-state index is 12.2. The average Bonchev–Trinajstić information content (AvgIpc) is 2.82. The highest BCUT2D eigenvalue weighted by atomic mass is 32.2. The van der Waals surface area contributed by atoms with Crippen molar-refractivity contribution in [3.05, 3.63) is 48.4 Å². The lowest BCUT2D eigenvalue weighted by Gasteiger charge is -2.16. The largest absolute Gasteiger partial charge is 0.507 e. The molecular formula is C12H13NO4S. The third kappa shape index (κ3) is 2.39. The van der Waals surface area contributed by atoms with Crippen LogP contribution in [-0.4, -0.2) is 24.9 Å². The van der Waals surface area contributed by atoms with Crippen LogP contribution in [0.1, 0.15) is 5.76 Å². The summed E-state index contributed by atoms with van der Waals surface area (Å²) in [4.78, 5) is -0.112. The standard InChI is InChI=1S/C12H13NO4S/c1-13(9-10-5-4-8-17-10)18(15,16)12-7-3-2-6-11(12)14/h2-8,14H,9H2,1H3. The number of para-hydroxylation sites is 1. The number of hydrogen-bond acceptors (Lipinski definition) is 4. The van der Waals surface area contributed by atoms with Gasteiger partial charge in [0, 0.05) is 7.05 Å². The first-order valence-corrected chi connectivity index (χ1v) is 6.72. The van der Waals surface area contributed by atoms with Crippen LogP contribution in [-0.2, 0) is 16.6 Å². The second-order valence-electron chi connectivity index (χ2n) is 3.81. The third-order valence-electron chi connectivity index (χ3n) is 2.51. The van der Waals surface area contributed by atoms with E-state index in [2.05, 4.69) is 0 Å². The molecule has 0 saturated heterocycles. The minimum atomic E-state index is -3.72. The number of aromatic hydroxyl groups is 1. The number of phenols is 1. The lowest BCUT2D eigenvalue weighted by molar-refractivity contribution is 0.401. The maximum absolute atomic E-state index is 12.2. The summed E-state index contributed by atoms with van der Waals surface area (Å²) in [6.45, 7) is 0.115. The van der Waals surface area contributed by atoms with E-state index in [0.29, 0.717) is 5.76 Å². The van der Waals surface area contributed by atoms with Crippen LogP contribution in [0, 0.1) is 0 Å². The zero-order valence-electron chi connectivity index (χ0n) is 9.78. The summed E-state index contributed by atoms with van der Waals surface area (Å²) in [6.07, 6.45) is 1.48. The molecule has 1 heterocycles. The Balaban J connectivity index is 2.29. The molecule has 18 heavy (non-hydrogen) atoms. The molecule has 0 aliphatic rings. The van der Waals surface area contributed by atoms with Gasteiger partial charge < -0.3 is 9.52 Å². The van der Waals surface area contributed by atoms with E-state index in [1.165, 1.54) is 25.4 Å². The van der Waals surface area contributed by atoms with Crippen LogP contribution >= 0.6 is 0 Å². The topological polar surface area (TPSA) is 70.8 Å². The Morgan fingerprint density at radius 3 is 2.56 bits per heavy atom. The van der Waals surface area contributed by atoms with Crippen molar-refractivity contribution < 1.29 is 17.9 Å². The Hall–Kier alpha value is -1.79. The van der Waals surface area contributed by atoms with Crippen LogP contribution in [0.4, 0.5) is 0 Å². The van der Waals surface area contributed by atoms with Gasteiger partial charge in [-0.1, -0.05) is 12.1 Å². The van der Waals surface area contributed by atoms with Gasteiger partial charge in [0.1, 0.15) is 16.4 Å². The molecule has 0 unspecified atom stereocenters. The highest BCUT2D eigenvalue weighted by molar-refractivity contribution is 7.89. The van der Waals surface area contributed by atoms with E-state index < -0.39 is 10.0 Å². The minimum absolute atomic E-state index is 0.112. The highest BCUT2D eigenvalue weighted by Crippen LogP contribution is 2.25. The molecule has 2 rings (SSSR count). The van der Waals surface area contributed by atoms with E-state index in [-0.39, 0.29) is 17.2 Å². The van der Waals surface area contributed by atoms with Gasteiger partial charge in [-0.2, -0.15) is 4.31 Å². The Morgan fingerprint density at radius 2 is 1.94 bits per heavy atom. The van der Waals surface area contributed by atoms with Crippen molar-refractivity contribution in [3.63, 3.8) is 0 Å². The summed E-state index contributed by atoms with van der Waals surface area (Å²) in [7, 11) is -2.29. The van der Waals surface area contributed by atoms with Gasteiger partial charge in [0.2, 0.25) is 10.0 Å². The lowest BCUT2D eigenvalue weighted by atomic mass is 10.3. The second kappa shape index (κ2) is 4.83. The quantitative estimate of drug-likeness (QED) is 0.917. The maximum Gasteiger partial charge on any atom is 0.246 e. The van der Waals surface area contributed by atoms with Crippen LogP contribution in [0.5, 0.6) is 5.75 Å². The Labute approximate surface area is 105 Å². The van der Waals surface area contributed by atoms with E-state index >= 15 is 0 Å². The zero-order valence-corrected chi connectivity index (χ0v) is 10.6. The van der Waals surface area contributed by atoms with Gasteiger partial charge in [0.05, 0.1) is 12.8 Å². The third-order valence-corrected chi connectivity index (χ3v) is 4.36. The summed E-state index contributed by atoms with van der Waals surface area (Å²) in [5.74, 6) is 0.278. The first-order chi connectivity index (χ1) is 8.51. The number of sulfonamides is 1. The summed E-state index contributed by atoms with van der Waals surface area (Å²) < 4.78 is 30.6. The number of rotatable bonds is 4. The van der Waals surface area contributed by atoms with Gasteiger partial charge in [0.15, 0.2) is 0 Å². The number of hydrogen-bond donors (Lipinski definition) is 1. The van der Waals surface area contributed by atoms with Gasteiger partial charge in [-0.3, -0.25) is 0 Å². The molecule has 0 spiro atoms. The molecule has 0 aliphatic carbocycles. The molecule has 0 bridgehead atoms. The average molecular weight is 267 g/mol. The van der Waals surface area contributed by atoms with Crippen molar-refractivity contribution in [2.45, 2.75) is 11.4 Å². The van der Waals surface area contributed by atoms with Crippen molar-refractivity contribution >= 4 is 10.0 Å². The molecule has 0 atom stereocenters. The fraction of sp³-hybridized carbons (Fsp3) is 0.167. The number of phenolic OH excluding ortho intramolecular Hbond substituents is 1. The molecule has 2 aromatic rings.